The molecule has 136 valence electrons. The quantitative estimate of drug-likeness (QED) is 0.595. The number of hydrogen-bond donors (Lipinski definition) is 0. The minimum absolute atomic E-state index is 0.207. The number of hydrogen-bond acceptors (Lipinski definition) is 3. The van der Waals surface area contributed by atoms with Crippen LogP contribution in [0.3, 0.4) is 0 Å². The molecule has 1 fully saturated rings. The molecule has 0 radical (unpaired) electrons. The number of thioether (sulfide) groups is 1. The highest BCUT2D eigenvalue weighted by molar-refractivity contribution is 8.18. The number of carbonyl (C=O) groups excluding carboxylic acids is 2. The monoisotopic (exact) mass is 408 g/mol. The molecule has 2 aromatic rings. The van der Waals surface area contributed by atoms with Crippen molar-refractivity contribution in [1.82, 2.24) is 9.47 Å². The fraction of sp³-hybridized carbons (Fsp3) is 0.263. The zero-order valence-corrected chi connectivity index (χ0v) is 17.0. The molecule has 26 heavy (non-hydrogen) atoms. The minimum Gasteiger partial charge on any atom is -0.318 e. The largest absolute Gasteiger partial charge is 0.318 e. The average molecular weight is 409 g/mol. The molecule has 0 spiro atoms. The summed E-state index contributed by atoms with van der Waals surface area (Å²) < 4.78 is 2.05. The van der Waals surface area contributed by atoms with E-state index in [1.807, 2.05) is 43.5 Å². The third-order valence-electron chi connectivity index (χ3n) is 4.24. The second-order valence-electron chi connectivity index (χ2n) is 6.09. The summed E-state index contributed by atoms with van der Waals surface area (Å²) in [6, 6.07) is 7.45. The first kappa shape index (κ1) is 19.1. The van der Waals surface area contributed by atoms with Crippen molar-refractivity contribution < 1.29 is 9.59 Å². The van der Waals surface area contributed by atoms with Crippen LogP contribution in [0.4, 0.5) is 4.79 Å². The number of nitrogens with zero attached hydrogens (tertiary/aromatic N) is 2. The lowest BCUT2D eigenvalue weighted by molar-refractivity contribution is -0.122. The first-order valence-electron chi connectivity index (χ1n) is 8.23. The van der Waals surface area contributed by atoms with Crippen LogP contribution in [0.1, 0.15) is 30.3 Å². The van der Waals surface area contributed by atoms with E-state index in [0.29, 0.717) is 21.5 Å². The summed E-state index contributed by atoms with van der Waals surface area (Å²) in [5.74, 6) is -0.221. The molecule has 0 N–H and O–H groups in total. The topological polar surface area (TPSA) is 42.3 Å². The molecule has 3 rings (SSSR count). The van der Waals surface area contributed by atoms with Crippen LogP contribution >= 0.6 is 35.0 Å². The van der Waals surface area contributed by atoms with Gasteiger partial charge in [0.05, 0.1) is 15.0 Å². The summed E-state index contributed by atoms with van der Waals surface area (Å²) in [6.07, 6.45) is 2.54. The van der Waals surface area contributed by atoms with Crippen molar-refractivity contribution >= 4 is 52.2 Å². The minimum atomic E-state index is -0.221. The fourth-order valence-corrected chi connectivity index (χ4v) is 4.16. The second-order valence-corrected chi connectivity index (χ2v) is 7.90. The van der Waals surface area contributed by atoms with Crippen LogP contribution in [0.15, 0.2) is 29.2 Å². The summed E-state index contributed by atoms with van der Waals surface area (Å²) in [5, 5.41) is 0.781. The van der Waals surface area contributed by atoms with E-state index >= 15 is 0 Å². The Hall–Kier alpha value is -1.69. The Morgan fingerprint density at radius 3 is 2.50 bits per heavy atom. The van der Waals surface area contributed by atoms with Gasteiger partial charge in [-0.2, -0.15) is 0 Å². The molecule has 1 aromatic heterocycles. The Morgan fingerprint density at radius 2 is 1.85 bits per heavy atom. The Balaban J connectivity index is 2.00. The van der Waals surface area contributed by atoms with E-state index in [0.717, 1.165) is 40.8 Å². The van der Waals surface area contributed by atoms with Crippen molar-refractivity contribution in [2.75, 3.05) is 6.54 Å². The second kappa shape index (κ2) is 7.51. The Labute approximate surface area is 166 Å². The van der Waals surface area contributed by atoms with Gasteiger partial charge in [-0.05, 0) is 67.9 Å². The molecule has 1 aromatic carbocycles. The molecular weight excluding hydrogens is 391 g/mol. The maximum atomic E-state index is 12.4. The molecular formula is C19H18Cl2N2O2S. The van der Waals surface area contributed by atoms with Crippen LogP contribution in [0.5, 0.6) is 0 Å². The number of imide groups is 1. The molecule has 0 unspecified atom stereocenters. The third-order valence-corrected chi connectivity index (χ3v) is 5.89. The summed E-state index contributed by atoms with van der Waals surface area (Å²) in [4.78, 5) is 26.2. The number of rotatable bonds is 4. The first-order chi connectivity index (χ1) is 12.3. The van der Waals surface area contributed by atoms with Crippen molar-refractivity contribution in [2.24, 2.45) is 0 Å². The highest BCUT2D eigenvalue weighted by atomic mass is 35.5. The molecule has 4 nitrogen and oxygen atoms in total. The van der Waals surface area contributed by atoms with E-state index in [1.165, 1.54) is 4.90 Å². The van der Waals surface area contributed by atoms with Crippen molar-refractivity contribution in [3.05, 3.63) is 56.2 Å². The van der Waals surface area contributed by atoms with E-state index < -0.39 is 0 Å². The SMILES string of the molecule is CCCN1C(=O)S/C(=C\c2cc(C)n(-c3ccc(Cl)c(Cl)c3)c2C)C1=O. The Kier molecular flexibility index (Phi) is 5.51. The highest BCUT2D eigenvalue weighted by Gasteiger charge is 2.34. The lowest BCUT2D eigenvalue weighted by atomic mass is 10.2. The van der Waals surface area contributed by atoms with Gasteiger partial charge in [-0.25, -0.2) is 0 Å². The third kappa shape index (κ3) is 3.43. The molecule has 0 aliphatic carbocycles. The van der Waals surface area contributed by atoms with Gasteiger partial charge in [0.25, 0.3) is 11.1 Å². The molecule has 1 saturated heterocycles. The number of carbonyl (C=O) groups is 2. The smallest absolute Gasteiger partial charge is 0.293 e. The van der Waals surface area contributed by atoms with Gasteiger partial charge in [0.1, 0.15) is 0 Å². The highest BCUT2D eigenvalue weighted by Crippen LogP contribution is 2.34. The van der Waals surface area contributed by atoms with Crippen LogP contribution < -0.4 is 0 Å². The summed E-state index contributed by atoms with van der Waals surface area (Å²) >= 11 is 13.1. The van der Waals surface area contributed by atoms with E-state index in [2.05, 4.69) is 0 Å². The zero-order chi connectivity index (χ0) is 19.0. The predicted octanol–water partition coefficient (Wildman–Crippen LogP) is 5.85. The lowest BCUT2D eigenvalue weighted by Crippen LogP contribution is -2.28. The molecule has 7 heteroatoms. The van der Waals surface area contributed by atoms with Gasteiger partial charge in [-0.1, -0.05) is 30.1 Å². The summed E-state index contributed by atoms with van der Waals surface area (Å²) in [7, 11) is 0. The lowest BCUT2D eigenvalue weighted by Gasteiger charge is -2.11. The number of aromatic nitrogens is 1. The van der Waals surface area contributed by atoms with Gasteiger partial charge >= 0.3 is 0 Å². The van der Waals surface area contributed by atoms with Crippen LogP contribution in [0.2, 0.25) is 10.0 Å². The van der Waals surface area contributed by atoms with Crippen LogP contribution in [0, 0.1) is 13.8 Å². The molecule has 1 aliphatic heterocycles. The number of halogens is 2. The molecule has 2 amide bonds. The van der Waals surface area contributed by atoms with Gasteiger partial charge in [0.15, 0.2) is 0 Å². The van der Waals surface area contributed by atoms with Gasteiger partial charge in [0.2, 0.25) is 0 Å². The van der Waals surface area contributed by atoms with Gasteiger partial charge in [0, 0.05) is 23.6 Å². The maximum Gasteiger partial charge on any atom is 0.293 e. The van der Waals surface area contributed by atoms with E-state index in [9.17, 15) is 9.59 Å². The van der Waals surface area contributed by atoms with Crippen molar-refractivity contribution in [3.8, 4) is 5.69 Å². The van der Waals surface area contributed by atoms with Crippen LogP contribution in [0.25, 0.3) is 11.8 Å². The fourth-order valence-electron chi connectivity index (χ4n) is 3.01. The molecule has 1 aliphatic rings. The van der Waals surface area contributed by atoms with E-state index in [-0.39, 0.29) is 11.1 Å². The number of benzene rings is 1. The van der Waals surface area contributed by atoms with E-state index in [4.69, 9.17) is 23.2 Å². The average Bonchev–Trinajstić information content (AvgIpc) is 3.01. The zero-order valence-electron chi connectivity index (χ0n) is 14.7. The molecule has 0 atom stereocenters. The van der Waals surface area contributed by atoms with Crippen LogP contribution in [-0.2, 0) is 4.79 Å². The predicted molar refractivity (Wildman–Crippen MR) is 108 cm³/mol. The maximum absolute atomic E-state index is 12.4. The van der Waals surface area contributed by atoms with Gasteiger partial charge in [-0.15, -0.1) is 0 Å². The molecule has 0 saturated carbocycles. The van der Waals surface area contributed by atoms with Gasteiger partial charge < -0.3 is 4.57 Å². The van der Waals surface area contributed by atoms with Crippen molar-refractivity contribution in [3.63, 3.8) is 0 Å². The Morgan fingerprint density at radius 1 is 1.12 bits per heavy atom. The number of aryl methyl sites for hydroxylation is 1. The summed E-state index contributed by atoms with van der Waals surface area (Å²) in [5.41, 5.74) is 3.76. The molecule has 0 bridgehead atoms. The van der Waals surface area contributed by atoms with Gasteiger partial charge in [-0.3, -0.25) is 14.5 Å². The van der Waals surface area contributed by atoms with Crippen LogP contribution in [-0.4, -0.2) is 27.2 Å². The van der Waals surface area contributed by atoms with E-state index in [1.54, 1.807) is 12.1 Å². The standard InChI is InChI=1S/C19H18Cl2N2O2S/c1-4-7-22-18(24)17(26-19(22)25)9-13-8-11(2)23(12(13)3)14-5-6-15(20)16(21)10-14/h5-6,8-10H,4,7H2,1-3H3/b17-9-. The summed E-state index contributed by atoms with van der Waals surface area (Å²) in [6.45, 7) is 6.34. The molecule has 2 heterocycles. The van der Waals surface area contributed by atoms with Crippen molar-refractivity contribution in [1.29, 1.82) is 0 Å². The first-order valence-corrected chi connectivity index (χ1v) is 9.80. The Bertz CT molecular complexity index is 934. The normalized spacial score (nSPS) is 16.2. The number of amides is 2. The van der Waals surface area contributed by atoms with Crippen molar-refractivity contribution in [2.45, 2.75) is 27.2 Å².